The van der Waals surface area contributed by atoms with Crippen molar-refractivity contribution in [3.05, 3.63) is 23.5 Å². The fourth-order valence-electron chi connectivity index (χ4n) is 1.74. The summed E-state index contributed by atoms with van der Waals surface area (Å²) in [6.45, 7) is 1.48. The lowest BCUT2D eigenvalue weighted by atomic mass is 10.4. The van der Waals surface area contributed by atoms with Gasteiger partial charge in [-0.2, -0.15) is 9.78 Å². The molecule has 0 aliphatic heterocycles. The molecule has 0 saturated heterocycles. The Morgan fingerprint density at radius 2 is 2.23 bits per heavy atom. The molecule has 0 fully saturated rings. The van der Waals surface area contributed by atoms with E-state index in [1.807, 2.05) is 14.1 Å². The van der Waals surface area contributed by atoms with Crippen LogP contribution in [0.5, 0.6) is 0 Å². The summed E-state index contributed by atoms with van der Waals surface area (Å²) in [6, 6.07) is -0.295. The molecule has 9 heteroatoms. The van der Waals surface area contributed by atoms with Crippen LogP contribution in [0.3, 0.4) is 0 Å². The summed E-state index contributed by atoms with van der Waals surface area (Å²) in [7, 11) is 3.96. The van der Waals surface area contributed by atoms with E-state index in [4.69, 9.17) is 5.73 Å². The lowest BCUT2D eigenvalue weighted by Gasteiger charge is -2.09. The number of thiazole rings is 1. The van der Waals surface area contributed by atoms with E-state index in [2.05, 4.69) is 20.3 Å². The summed E-state index contributed by atoms with van der Waals surface area (Å²) in [6.07, 6.45) is 3.97. The molecule has 2 amide bonds. The summed E-state index contributed by atoms with van der Waals surface area (Å²) in [5.41, 5.74) is 6.04. The topological polar surface area (TPSA) is 106 Å². The molecule has 0 saturated carbocycles. The van der Waals surface area contributed by atoms with Crippen LogP contribution >= 0.6 is 11.3 Å². The Hall–Kier alpha value is -2.26. The standard InChI is InChI=1S/C13H18N6O2S/c1-18(2)5-3-4-15-13(21)19-7-9(6-16-19)12-17-10(8-22-12)11(14)20/h6-8H,3-5H2,1-2H3,(H2,14,20)(H,15,21). The molecule has 0 spiro atoms. The average molecular weight is 322 g/mol. The van der Waals surface area contributed by atoms with Crippen LogP contribution in [0.1, 0.15) is 16.9 Å². The summed E-state index contributed by atoms with van der Waals surface area (Å²) >= 11 is 1.28. The van der Waals surface area contributed by atoms with Gasteiger partial charge in [0.2, 0.25) is 0 Å². The third-order valence-corrected chi connectivity index (χ3v) is 3.74. The zero-order chi connectivity index (χ0) is 16.1. The molecule has 118 valence electrons. The number of amides is 2. The van der Waals surface area contributed by atoms with Crippen molar-refractivity contribution in [2.45, 2.75) is 6.42 Å². The van der Waals surface area contributed by atoms with Gasteiger partial charge in [-0.15, -0.1) is 11.3 Å². The molecule has 0 aliphatic rings. The number of nitrogens with zero attached hydrogens (tertiary/aromatic N) is 4. The van der Waals surface area contributed by atoms with Crippen LogP contribution in [0.2, 0.25) is 0 Å². The SMILES string of the molecule is CN(C)CCCNC(=O)n1cc(-c2nc(C(N)=O)cs2)cn1. The first-order valence-corrected chi connectivity index (χ1v) is 7.58. The predicted octanol–water partition coefficient (Wildman–Crippen LogP) is 0.615. The van der Waals surface area contributed by atoms with Gasteiger partial charge in [-0.05, 0) is 27.1 Å². The average Bonchev–Trinajstić information content (AvgIpc) is 3.10. The minimum atomic E-state index is -0.575. The van der Waals surface area contributed by atoms with Gasteiger partial charge in [-0.1, -0.05) is 0 Å². The van der Waals surface area contributed by atoms with Crippen molar-refractivity contribution < 1.29 is 9.59 Å². The molecule has 0 aromatic carbocycles. The van der Waals surface area contributed by atoms with Crippen molar-refractivity contribution in [1.29, 1.82) is 0 Å². The molecular formula is C13H18N6O2S. The van der Waals surface area contributed by atoms with E-state index in [1.165, 1.54) is 22.2 Å². The second kappa shape index (κ2) is 7.14. The highest BCUT2D eigenvalue weighted by atomic mass is 32.1. The monoisotopic (exact) mass is 322 g/mol. The van der Waals surface area contributed by atoms with Gasteiger partial charge in [0.15, 0.2) is 0 Å². The number of nitrogens with two attached hydrogens (primary N) is 1. The van der Waals surface area contributed by atoms with Gasteiger partial charge < -0.3 is 16.0 Å². The highest BCUT2D eigenvalue weighted by Crippen LogP contribution is 2.22. The summed E-state index contributed by atoms with van der Waals surface area (Å²) in [5.74, 6) is -0.575. The first-order chi connectivity index (χ1) is 10.5. The molecule has 0 aliphatic carbocycles. The number of carbonyl (C=O) groups excluding carboxylic acids is 2. The quantitative estimate of drug-likeness (QED) is 0.758. The van der Waals surface area contributed by atoms with E-state index >= 15 is 0 Å². The van der Waals surface area contributed by atoms with Crippen molar-refractivity contribution in [1.82, 2.24) is 25.0 Å². The zero-order valence-corrected chi connectivity index (χ0v) is 13.3. The highest BCUT2D eigenvalue weighted by molar-refractivity contribution is 7.13. The Morgan fingerprint density at radius 1 is 1.45 bits per heavy atom. The van der Waals surface area contributed by atoms with E-state index in [0.29, 0.717) is 17.1 Å². The molecule has 8 nitrogen and oxygen atoms in total. The molecule has 22 heavy (non-hydrogen) atoms. The van der Waals surface area contributed by atoms with Gasteiger partial charge in [-0.3, -0.25) is 4.79 Å². The van der Waals surface area contributed by atoms with Gasteiger partial charge >= 0.3 is 6.03 Å². The summed E-state index contributed by atoms with van der Waals surface area (Å²) in [4.78, 5) is 29.1. The molecular weight excluding hydrogens is 304 g/mol. The minimum absolute atomic E-state index is 0.209. The Morgan fingerprint density at radius 3 is 2.86 bits per heavy atom. The molecule has 2 rings (SSSR count). The Bertz CT molecular complexity index is 663. The van der Waals surface area contributed by atoms with Gasteiger partial charge in [-0.25, -0.2) is 9.78 Å². The maximum Gasteiger partial charge on any atom is 0.342 e. The Balaban J connectivity index is 1.95. The zero-order valence-electron chi connectivity index (χ0n) is 12.4. The molecule has 2 heterocycles. The number of carbonyl (C=O) groups is 2. The highest BCUT2D eigenvalue weighted by Gasteiger charge is 2.12. The van der Waals surface area contributed by atoms with E-state index in [1.54, 1.807) is 11.6 Å². The van der Waals surface area contributed by atoms with Crippen LogP contribution in [0, 0.1) is 0 Å². The normalized spacial score (nSPS) is 10.9. The molecule has 2 aromatic heterocycles. The van der Waals surface area contributed by atoms with Gasteiger partial charge in [0.25, 0.3) is 5.91 Å². The number of hydrogen-bond acceptors (Lipinski definition) is 6. The van der Waals surface area contributed by atoms with Crippen LogP contribution in [0.4, 0.5) is 4.79 Å². The second-order valence-electron chi connectivity index (χ2n) is 4.96. The largest absolute Gasteiger partial charge is 0.364 e. The lowest BCUT2D eigenvalue weighted by molar-refractivity contribution is 0.0996. The van der Waals surface area contributed by atoms with Gasteiger partial charge in [0.05, 0.1) is 6.20 Å². The van der Waals surface area contributed by atoms with Crippen LogP contribution in [0.15, 0.2) is 17.8 Å². The van der Waals surface area contributed by atoms with Crippen molar-refractivity contribution in [2.24, 2.45) is 5.73 Å². The van der Waals surface area contributed by atoms with Crippen molar-refractivity contribution in [3.8, 4) is 10.6 Å². The minimum Gasteiger partial charge on any atom is -0.364 e. The number of primary amides is 1. The Labute approximate surface area is 131 Å². The Kier molecular flexibility index (Phi) is 5.23. The maximum absolute atomic E-state index is 11.9. The van der Waals surface area contributed by atoms with E-state index in [-0.39, 0.29) is 11.7 Å². The van der Waals surface area contributed by atoms with Crippen molar-refractivity contribution in [3.63, 3.8) is 0 Å². The maximum atomic E-state index is 11.9. The molecule has 0 unspecified atom stereocenters. The van der Waals surface area contributed by atoms with Crippen molar-refractivity contribution >= 4 is 23.3 Å². The van der Waals surface area contributed by atoms with E-state index < -0.39 is 5.91 Å². The molecule has 3 N–H and O–H groups in total. The van der Waals surface area contributed by atoms with Gasteiger partial charge in [0.1, 0.15) is 10.7 Å². The first-order valence-electron chi connectivity index (χ1n) is 6.70. The molecule has 0 radical (unpaired) electrons. The fourth-order valence-corrected chi connectivity index (χ4v) is 2.52. The third kappa shape index (κ3) is 4.12. The lowest BCUT2D eigenvalue weighted by Crippen LogP contribution is -2.31. The molecule has 2 aromatic rings. The third-order valence-electron chi connectivity index (χ3n) is 2.85. The van der Waals surface area contributed by atoms with Crippen LogP contribution in [-0.2, 0) is 0 Å². The molecule has 0 atom stereocenters. The van der Waals surface area contributed by atoms with E-state index in [0.717, 1.165) is 13.0 Å². The van der Waals surface area contributed by atoms with E-state index in [9.17, 15) is 9.59 Å². The number of rotatable bonds is 6. The summed E-state index contributed by atoms with van der Waals surface area (Å²) in [5, 5.41) is 8.97. The second-order valence-corrected chi connectivity index (χ2v) is 5.82. The van der Waals surface area contributed by atoms with Crippen LogP contribution < -0.4 is 11.1 Å². The first kappa shape index (κ1) is 16.1. The van der Waals surface area contributed by atoms with Crippen LogP contribution in [-0.4, -0.2) is 58.8 Å². The predicted molar refractivity (Wildman–Crippen MR) is 83.8 cm³/mol. The smallest absolute Gasteiger partial charge is 0.342 e. The van der Waals surface area contributed by atoms with Crippen molar-refractivity contribution in [2.75, 3.05) is 27.2 Å². The number of aromatic nitrogens is 3. The number of hydrogen-bond donors (Lipinski definition) is 2. The fraction of sp³-hybridized carbons (Fsp3) is 0.385. The number of nitrogens with one attached hydrogen (secondary N) is 1. The molecule has 0 bridgehead atoms. The summed E-state index contributed by atoms with van der Waals surface area (Å²) < 4.78 is 1.22. The van der Waals surface area contributed by atoms with Crippen LogP contribution in [0.25, 0.3) is 10.6 Å². The van der Waals surface area contributed by atoms with Gasteiger partial charge in [0, 0.05) is 23.7 Å².